The quantitative estimate of drug-likeness (QED) is 0.711. The Balaban J connectivity index is 1.08. The van der Waals surface area contributed by atoms with Crippen LogP contribution in [-0.2, 0) is 4.79 Å². The number of nitrogens with zero attached hydrogens (tertiary/aromatic N) is 5. The van der Waals surface area contributed by atoms with Crippen molar-refractivity contribution in [2.75, 3.05) is 63.8 Å². The summed E-state index contributed by atoms with van der Waals surface area (Å²) in [5, 5.41) is 8.97. The first-order valence-electron chi connectivity index (χ1n) is 12.3. The summed E-state index contributed by atoms with van der Waals surface area (Å²) in [7, 11) is 0. The van der Waals surface area contributed by atoms with Crippen molar-refractivity contribution in [3.63, 3.8) is 0 Å². The van der Waals surface area contributed by atoms with Crippen LogP contribution in [0.4, 0.5) is 5.69 Å². The van der Waals surface area contributed by atoms with E-state index in [4.69, 9.17) is 5.26 Å². The van der Waals surface area contributed by atoms with Crippen molar-refractivity contribution in [3.05, 3.63) is 54.1 Å². The van der Waals surface area contributed by atoms with Gasteiger partial charge in [0, 0.05) is 64.1 Å². The Kier molecular flexibility index (Phi) is 6.61. The largest absolute Gasteiger partial charge is 0.369 e. The second-order valence-corrected chi connectivity index (χ2v) is 9.50. The van der Waals surface area contributed by atoms with E-state index in [1.54, 1.807) is 0 Å². The Hall–Kier alpha value is -2.88. The lowest BCUT2D eigenvalue weighted by Crippen LogP contribution is -2.56. The Bertz CT molecular complexity index is 977. The van der Waals surface area contributed by atoms with Crippen molar-refractivity contribution in [3.8, 4) is 17.2 Å². The fourth-order valence-electron chi connectivity index (χ4n) is 5.15. The Labute approximate surface area is 197 Å². The van der Waals surface area contributed by atoms with E-state index in [1.807, 2.05) is 24.3 Å². The number of amides is 1. The van der Waals surface area contributed by atoms with E-state index in [2.05, 4.69) is 49.9 Å². The maximum absolute atomic E-state index is 12.8. The SMILES string of the molecule is N#Cc1ccc(-c2ccc(N3CCN(CC(=O)N4CCN(C5CCC5)CC4)CC3)cc2)cc1. The van der Waals surface area contributed by atoms with Crippen LogP contribution in [0.25, 0.3) is 11.1 Å². The molecule has 6 heteroatoms. The molecule has 6 nitrogen and oxygen atoms in total. The van der Waals surface area contributed by atoms with Crippen molar-refractivity contribution in [1.82, 2.24) is 14.7 Å². The Morgan fingerprint density at radius 2 is 1.42 bits per heavy atom. The summed E-state index contributed by atoms with van der Waals surface area (Å²) < 4.78 is 0. The summed E-state index contributed by atoms with van der Waals surface area (Å²) in [4.78, 5) is 22.2. The predicted molar refractivity (Wildman–Crippen MR) is 131 cm³/mol. The van der Waals surface area contributed by atoms with E-state index in [9.17, 15) is 4.79 Å². The van der Waals surface area contributed by atoms with Crippen LogP contribution in [0.15, 0.2) is 48.5 Å². The molecule has 0 atom stereocenters. The highest BCUT2D eigenvalue weighted by Gasteiger charge is 2.30. The van der Waals surface area contributed by atoms with E-state index < -0.39 is 0 Å². The number of carbonyl (C=O) groups is 1. The van der Waals surface area contributed by atoms with Crippen LogP contribution in [0.1, 0.15) is 24.8 Å². The van der Waals surface area contributed by atoms with Gasteiger partial charge in [-0.05, 0) is 48.2 Å². The molecule has 1 aliphatic carbocycles. The first kappa shape index (κ1) is 21.9. The zero-order valence-electron chi connectivity index (χ0n) is 19.3. The lowest BCUT2D eigenvalue weighted by atomic mass is 9.91. The molecule has 2 aromatic rings. The first-order chi connectivity index (χ1) is 16.2. The van der Waals surface area contributed by atoms with Crippen LogP contribution in [0.2, 0.25) is 0 Å². The molecule has 0 unspecified atom stereocenters. The number of anilines is 1. The van der Waals surface area contributed by atoms with Crippen LogP contribution in [0.5, 0.6) is 0 Å². The fourth-order valence-corrected chi connectivity index (χ4v) is 5.15. The van der Waals surface area contributed by atoms with Crippen LogP contribution in [-0.4, -0.2) is 85.6 Å². The van der Waals surface area contributed by atoms with Crippen molar-refractivity contribution in [2.24, 2.45) is 0 Å². The van der Waals surface area contributed by atoms with E-state index in [1.165, 1.54) is 24.9 Å². The average molecular weight is 444 g/mol. The van der Waals surface area contributed by atoms with Crippen molar-refractivity contribution in [2.45, 2.75) is 25.3 Å². The molecular weight excluding hydrogens is 410 g/mol. The minimum absolute atomic E-state index is 0.295. The lowest BCUT2D eigenvalue weighted by molar-refractivity contribution is -0.134. The maximum Gasteiger partial charge on any atom is 0.236 e. The zero-order valence-corrected chi connectivity index (χ0v) is 19.3. The molecule has 0 spiro atoms. The highest BCUT2D eigenvalue weighted by Crippen LogP contribution is 2.26. The van der Waals surface area contributed by atoms with Gasteiger partial charge in [0.15, 0.2) is 0 Å². The molecule has 0 N–H and O–H groups in total. The van der Waals surface area contributed by atoms with Gasteiger partial charge in [0.05, 0.1) is 18.2 Å². The molecule has 33 heavy (non-hydrogen) atoms. The highest BCUT2D eigenvalue weighted by atomic mass is 16.2. The molecule has 172 valence electrons. The third-order valence-electron chi connectivity index (χ3n) is 7.57. The van der Waals surface area contributed by atoms with Gasteiger partial charge in [0.1, 0.15) is 0 Å². The number of piperazine rings is 2. The highest BCUT2D eigenvalue weighted by molar-refractivity contribution is 5.78. The Morgan fingerprint density at radius 3 is 1.97 bits per heavy atom. The van der Waals surface area contributed by atoms with E-state index in [0.29, 0.717) is 18.0 Å². The first-order valence-corrected chi connectivity index (χ1v) is 12.3. The summed E-state index contributed by atoms with van der Waals surface area (Å²) in [5.74, 6) is 0.295. The molecule has 2 aliphatic heterocycles. The molecule has 5 rings (SSSR count). The minimum Gasteiger partial charge on any atom is -0.369 e. The monoisotopic (exact) mass is 443 g/mol. The molecule has 2 heterocycles. The van der Waals surface area contributed by atoms with E-state index in [-0.39, 0.29) is 0 Å². The van der Waals surface area contributed by atoms with Crippen molar-refractivity contribution >= 4 is 11.6 Å². The van der Waals surface area contributed by atoms with Gasteiger partial charge in [-0.3, -0.25) is 14.6 Å². The molecule has 0 aromatic heterocycles. The summed E-state index contributed by atoms with van der Waals surface area (Å²) in [5.41, 5.74) is 4.19. The summed E-state index contributed by atoms with van der Waals surface area (Å²) in [6.45, 7) is 8.15. The number of carbonyl (C=O) groups excluding carboxylic acids is 1. The van der Waals surface area contributed by atoms with Gasteiger partial charge in [0.2, 0.25) is 5.91 Å². The molecule has 1 amide bonds. The second-order valence-electron chi connectivity index (χ2n) is 9.50. The summed E-state index contributed by atoms with van der Waals surface area (Å²) in [6, 6.07) is 19.3. The lowest BCUT2D eigenvalue weighted by Gasteiger charge is -2.43. The van der Waals surface area contributed by atoms with E-state index >= 15 is 0 Å². The van der Waals surface area contributed by atoms with Crippen molar-refractivity contribution < 1.29 is 4.79 Å². The molecule has 1 saturated carbocycles. The Morgan fingerprint density at radius 1 is 0.818 bits per heavy atom. The second kappa shape index (κ2) is 9.94. The predicted octanol–water partition coefficient (Wildman–Crippen LogP) is 3.04. The van der Waals surface area contributed by atoms with Crippen LogP contribution >= 0.6 is 0 Å². The number of hydrogen-bond donors (Lipinski definition) is 0. The number of benzene rings is 2. The smallest absolute Gasteiger partial charge is 0.236 e. The van der Waals surface area contributed by atoms with Gasteiger partial charge < -0.3 is 9.80 Å². The van der Waals surface area contributed by atoms with Gasteiger partial charge in [-0.1, -0.05) is 30.7 Å². The van der Waals surface area contributed by atoms with Gasteiger partial charge in [-0.15, -0.1) is 0 Å². The normalized spacial score (nSPS) is 20.3. The summed E-state index contributed by atoms with van der Waals surface area (Å²) >= 11 is 0. The molecule has 2 saturated heterocycles. The topological polar surface area (TPSA) is 53.8 Å². The maximum atomic E-state index is 12.8. The average Bonchev–Trinajstić information content (AvgIpc) is 2.84. The number of rotatable bonds is 5. The van der Waals surface area contributed by atoms with Crippen molar-refractivity contribution in [1.29, 1.82) is 5.26 Å². The molecule has 3 fully saturated rings. The van der Waals surface area contributed by atoms with Crippen LogP contribution < -0.4 is 4.90 Å². The van der Waals surface area contributed by atoms with Crippen LogP contribution in [0, 0.1) is 11.3 Å². The molecular formula is C27H33N5O. The van der Waals surface area contributed by atoms with Gasteiger partial charge >= 0.3 is 0 Å². The molecule has 2 aromatic carbocycles. The minimum atomic E-state index is 0.295. The third-order valence-corrected chi connectivity index (χ3v) is 7.57. The zero-order chi connectivity index (χ0) is 22.6. The molecule has 3 aliphatic rings. The summed E-state index contributed by atoms with van der Waals surface area (Å²) in [6.07, 6.45) is 4.06. The van der Waals surface area contributed by atoms with Gasteiger partial charge in [-0.25, -0.2) is 0 Å². The number of hydrogen-bond acceptors (Lipinski definition) is 5. The standard InChI is InChI=1S/C27H33N5O/c28-20-22-4-6-23(7-5-22)24-8-10-26(11-9-24)30-14-12-29(13-15-30)21-27(33)32-18-16-31(17-19-32)25-2-1-3-25/h4-11,25H,1-3,12-19,21H2. The van der Waals surface area contributed by atoms with Gasteiger partial charge in [-0.2, -0.15) is 5.26 Å². The van der Waals surface area contributed by atoms with Gasteiger partial charge in [0.25, 0.3) is 0 Å². The molecule has 0 bridgehead atoms. The van der Waals surface area contributed by atoms with Crippen LogP contribution in [0.3, 0.4) is 0 Å². The third kappa shape index (κ3) is 5.05. The fraction of sp³-hybridized carbons (Fsp3) is 0.481. The van der Waals surface area contributed by atoms with E-state index in [0.717, 1.165) is 69.5 Å². The molecule has 0 radical (unpaired) electrons. The number of nitriles is 1.